The lowest BCUT2D eigenvalue weighted by Crippen LogP contribution is -2.39. The van der Waals surface area contributed by atoms with Crippen LogP contribution >= 0.6 is 0 Å². The van der Waals surface area contributed by atoms with Crippen molar-refractivity contribution in [2.24, 2.45) is 0 Å². The number of ether oxygens (including phenoxy) is 1. The second-order valence-electron chi connectivity index (χ2n) is 5.32. The van der Waals surface area contributed by atoms with E-state index in [2.05, 4.69) is 5.32 Å². The van der Waals surface area contributed by atoms with Crippen LogP contribution in [0.1, 0.15) is 24.0 Å². The Morgan fingerprint density at radius 2 is 2.14 bits per heavy atom. The van der Waals surface area contributed by atoms with Gasteiger partial charge in [0.05, 0.1) is 11.7 Å². The van der Waals surface area contributed by atoms with Crippen LogP contribution in [0.4, 0.5) is 18.9 Å². The predicted molar refractivity (Wildman–Crippen MR) is 76.5 cm³/mol. The van der Waals surface area contributed by atoms with E-state index in [0.29, 0.717) is 12.2 Å². The van der Waals surface area contributed by atoms with Crippen LogP contribution in [0, 0.1) is 0 Å². The van der Waals surface area contributed by atoms with Gasteiger partial charge in [0, 0.05) is 32.4 Å². The Morgan fingerprint density at radius 1 is 1.38 bits per heavy atom. The molecule has 1 saturated heterocycles. The minimum Gasteiger partial charge on any atom is -0.380 e. The molecule has 3 nitrogen and oxygen atoms in total. The maximum atomic E-state index is 13.2. The Bertz CT molecular complexity index is 476. The maximum absolute atomic E-state index is 13.2. The summed E-state index contributed by atoms with van der Waals surface area (Å²) in [6.07, 6.45) is -2.36. The molecule has 0 aliphatic carbocycles. The van der Waals surface area contributed by atoms with E-state index >= 15 is 0 Å². The number of halogens is 3. The van der Waals surface area contributed by atoms with Gasteiger partial charge in [0.1, 0.15) is 0 Å². The molecule has 0 bridgehead atoms. The Hall–Kier alpha value is -1.27. The first kappa shape index (κ1) is 16.1. The minimum absolute atomic E-state index is 0.0880. The third-order valence-corrected chi connectivity index (χ3v) is 3.84. The van der Waals surface area contributed by atoms with Crippen molar-refractivity contribution in [2.75, 3.05) is 32.1 Å². The van der Waals surface area contributed by atoms with Gasteiger partial charge in [-0.2, -0.15) is 13.2 Å². The fourth-order valence-electron chi connectivity index (χ4n) is 2.73. The molecule has 0 spiro atoms. The standard InChI is InChI=1S/C15H21F3N2O/c1-19-9-11-5-6-12(8-14(11)15(16,17)18)20-7-3-4-13(10-20)21-2/h5-6,8,13,19H,3-4,7,9-10H2,1-2H3. The van der Waals surface area contributed by atoms with E-state index in [-0.39, 0.29) is 18.2 Å². The van der Waals surface area contributed by atoms with Crippen molar-refractivity contribution >= 4 is 5.69 Å². The van der Waals surface area contributed by atoms with Crippen LogP contribution in [-0.4, -0.2) is 33.4 Å². The number of piperidine rings is 1. The second kappa shape index (κ2) is 6.66. The first-order chi connectivity index (χ1) is 9.95. The van der Waals surface area contributed by atoms with Crippen LogP contribution in [0.5, 0.6) is 0 Å². The molecule has 1 atom stereocenters. The zero-order valence-electron chi connectivity index (χ0n) is 12.3. The minimum atomic E-state index is -4.33. The summed E-state index contributed by atoms with van der Waals surface area (Å²) in [7, 11) is 3.28. The van der Waals surface area contributed by atoms with E-state index in [1.807, 2.05) is 4.90 Å². The summed E-state index contributed by atoms with van der Waals surface area (Å²) in [6, 6.07) is 4.58. The number of nitrogens with one attached hydrogen (secondary N) is 1. The zero-order chi connectivity index (χ0) is 15.5. The summed E-state index contributed by atoms with van der Waals surface area (Å²) in [4.78, 5) is 1.97. The third-order valence-electron chi connectivity index (χ3n) is 3.84. The monoisotopic (exact) mass is 302 g/mol. The van der Waals surface area contributed by atoms with Crippen molar-refractivity contribution in [1.29, 1.82) is 0 Å². The highest BCUT2D eigenvalue weighted by atomic mass is 19.4. The Kier molecular flexibility index (Phi) is 5.11. The van der Waals surface area contributed by atoms with Crippen LogP contribution in [0.25, 0.3) is 0 Å². The molecule has 1 aromatic rings. The summed E-state index contributed by atoms with van der Waals surface area (Å²) < 4.78 is 44.9. The molecule has 21 heavy (non-hydrogen) atoms. The molecule has 0 saturated carbocycles. The number of rotatable bonds is 4. The molecule has 0 amide bonds. The van der Waals surface area contributed by atoms with Gasteiger partial charge < -0.3 is 15.0 Å². The lowest BCUT2D eigenvalue weighted by atomic mass is 10.0. The lowest BCUT2D eigenvalue weighted by Gasteiger charge is -2.34. The molecule has 1 heterocycles. The van der Waals surface area contributed by atoms with Crippen molar-refractivity contribution in [3.63, 3.8) is 0 Å². The number of anilines is 1. The van der Waals surface area contributed by atoms with Gasteiger partial charge in [-0.1, -0.05) is 6.07 Å². The number of nitrogens with zero attached hydrogens (tertiary/aromatic N) is 1. The highest BCUT2D eigenvalue weighted by molar-refractivity contribution is 5.52. The highest BCUT2D eigenvalue weighted by Gasteiger charge is 2.34. The summed E-state index contributed by atoms with van der Waals surface area (Å²) >= 11 is 0. The quantitative estimate of drug-likeness (QED) is 0.925. The van der Waals surface area contributed by atoms with Crippen molar-refractivity contribution in [3.05, 3.63) is 29.3 Å². The van der Waals surface area contributed by atoms with E-state index in [4.69, 9.17) is 4.74 Å². The Labute approximate surface area is 123 Å². The first-order valence-electron chi connectivity index (χ1n) is 7.08. The van der Waals surface area contributed by atoms with Crippen LogP contribution in [-0.2, 0) is 17.5 Å². The molecule has 0 radical (unpaired) electrons. The van der Waals surface area contributed by atoms with Gasteiger partial charge >= 0.3 is 6.18 Å². The SMILES string of the molecule is CNCc1ccc(N2CCCC(OC)C2)cc1C(F)(F)F. The number of benzene rings is 1. The van der Waals surface area contributed by atoms with Gasteiger partial charge in [0.2, 0.25) is 0 Å². The van der Waals surface area contributed by atoms with Crippen molar-refractivity contribution in [1.82, 2.24) is 5.32 Å². The molecule has 1 aliphatic heterocycles. The molecule has 1 aromatic carbocycles. The highest BCUT2D eigenvalue weighted by Crippen LogP contribution is 2.35. The van der Waals surface area contributed by atoms with E-state index in [1.165, 1.54) is 6.07 Å². The molecule has 2 rings (SSSR count). The van der Waals surface area contributed by atoms with E-state index < -0.39 is 11.7 Å². The van der Waals surface area contributed by atoms with Crippen LogP contribution in [0.2, 0.25) is 0 Å². The fraction of sp³-hybridized carbons (Fsp3) is 0.600. The van der Waals surface area contributed by atoms with E-state index in [0.717, 1.165) is 19.4 Å². The number of alkyl halides is 3. The number of methoxy groups -OCH3 is 1. The summed E-state index contributed by atoms with van der Waals surface area (Å²) in [5.41, 5.74) is 0.326. The van der Waals surface area contributed by atoms with Crippen molar-refractivity contribution in [2.45, 2.75) is 31.7 Å². The molecule has 1 N–H and O–H groups in total. The van der Waals surface area contributed by atoms with Crippen LogP contribution in [0.3, 0.4) is 0 Å². The predicted octanol–water partition coefficient (Wildman–Crippen LogP) is 3.04. The van der Waals surface area contributed by atoms with Crippen molar-refractivity contribution < 1.29 is 17.9 Å². The van der Waals surface area contributed by atoms with Gasteiger partial charge in [0.25, 0.3) is 0 Å². The van der Waals surface area contributed by atoms with Crippen LogP contribution in [0.15, 0.2) is 18.2 Å². The zero-order valence-corrected chi connectivity index (χ0v) is 12.3. The summed E-state index contributed by atoms with van der Waals surface area (Å²) in [5.74, 6) is 0. The van der Waals surface area contributed by atoms with Gasteiger partial charge in [0.15, 0.2) is 0 Å². The molecular formula is C15H21F3N2O. The molecule has 1 aliphatic rings. The average Bonchev–Trinajstić information content (AvgIpc) is 2.47. The van der Waals surface area contributed by atoms with Gasteiger partial charge in [-0.05, 0) is 37.6 Å². The molecule has 6 heteroatoms. The maximum Gasteiger partial charge on any atom is 0.416 e. The largest absolute Gasteiger partial charge is 0.416 e. The molecular weight excluding hydrogens is 281 g/mol. The topological polar surface area (TPSA) is 24.5 Å². The van der Waals surface area contributed by atoms with Crippen LogP contribution < -0.4 is 10.2 Å². The lowest BCUT2D eigenvalue weighted by molar-refractivity contribution is -0.138. The molecule has 0 aromatic heterocycles. The van der Waals surface area contributed by atoms with Gasteiger partial charge in [-0.25, -0.2) is 0 Å². The summed E-state index contributed by atoms with van der Waals surface area (Å²) in [5, 5.41) is 2.78. The molecule has 1 unspecified atom stereocenters. The third kappa shape index (κ3) is 3.89. The van der Waals surface area contributed by atoms with E-state index in [1.54, 1.807) is 26.3 Å². The fourth-order valence-corrected chi connectivity index (χ4v) is 2.73. The summed E-state index contributed by atoms with van der Waals surface area (Å²) in [6.45, 7) is 1.61. The first-order valence-corrected chi connectivity index (χ1v) is 7.08. The number of hydrogen-bond donors (Lipinski definition) is 1. The normalized spacial score (nSPS) is 19.9. The molecule has 1 fully saturated rings. The average molecular weight is 302 g/mol. The van der Waals surface area contributed by atoms with E-state index in [9.17, 15) is 13.2 Å². The van der Waals surface area contributed by atoms with Crippen molar-refractivity contribution in [3.8, 4) is 0 Å². The Morgan fingerprint density at radius 3 is 2.76 bits per heavy atom. The number of hydrogen-bond acceptors (Lipinski definition) is 3. The Balaban J connectivity index is 2.28. The van der Waals surface area contributed by atoms with Gasteiger partial charge in [-0.3, -0.25) is 0 Å². The molecule has 118 valence electrons. The second-order valence-corrected chi connectivity index (χ2v) is 5.32. The van der Waals surface area contributed by atoms with Gasteiger partial charge in [-0.15, -0.1) is 0 Å². The smallest absolute Gasteiger partial charge is 0.380 e.